The van der Waals surface area contributed by atoms with Gasteiger partial charge in [0.05, 0.1) is 6.04 Å². The van der Waals surface area contributed by atoms with Crippen LogP contribution in [0.1, 0.15) is 18.0 Å². The molecule has 110 valence electrons. The fourth-order valence-electron chi connectivity index (χ4n) is 1.77. The maximum Gasteiger partial charge on any atom is 0.219 e. The molecule has 0 aliphatic rings. The predicted octanol–water partition coefficient (Wildman–Crippen LogP) is 4.06. The van der Waals surface area contributed by atoms with Crippen LogP contribution in [0.15, 0.2) is 48.7 Å². The average molecular weight is 341 g/mol. The molecule has 1 unspecified atom stereocenters. The second-order valence-corrected chi connectivity index (χ2v) is 5.77. The summed E-state index contributed by atoms with van der Waals surface area (Å²) in [5, 5.41) is -0.256. The molecule has 7 heteroatoms. The van der Waals surface area contributed by atoms with Crippen molar-refractivity contribution < 1.29 is 9.53 Å². The van der Waals surface area contributed by atoms with Crippen molar-refractivity contribution in [3.05, 3.63) is 54.2 Å². The van der Waals surface area contributed by atoms with Gasteiger partial charge in [-0.05, 0) is 35.5 Å². The smallest absolute Gasteiger partial charge is 0.219 e. The van der Waals surface area contributed by atoms with Crippen molar-refractivity contribution in [2.45, 2.75) is 12.5 Å². The monoisotopic (exact) mass is 340 g/mol. The summed E-state index contributed by atoms with van der Waals surface area (Å²) in [6.45, 7) is 0. The van der Waals surface area contributed by atoms with Crippen LogP contribution in [0.3, 0.4) is 0 Å². The third kappa shape index (κ3) is 4.93. The van der Waals surface area contributed by atoms with Crippen molar-refractivity contribution in [1.29, 1.82) is 0 Å². The maximum absolute atomic E-state index is 11.2. The molecular formula is C14H13ClN2O2S2. The lowest BCUT2D eigenvalue weighted by molar-refractivity contribution is -0.111. The molecule has 1 heterocycles. The summed E-state index contributed by atoms with van der Waals surface area (Å²) in [4.78, 5) is 15.2. The molecule has 0 radical (unpaired) electrons. The number of aromatic nitrogens is 1. The summed E-state index contributed by atoms with van der Waals surface area (Å²) in [5.74, 6) is 1.16. The average Bonchev–Trinajstić information content (AvgIpc) is 2.46. The van der Waals surface area contributed by atoms with E-state index in [-0.39, 0.29) is 17.6 Å². The number of carbonyl (C=O) groups is 1. The second kappa shape index (κ2) is 7.70. The number of nitrogens with zero attached hydrogens (tertiary/aromatic N) is 2. The number of benzene rings is 1. The van der Waals surface area contributed by atoms with Gasteiger partial charge in [-0.25, -0.2) is 4.98 Å². The lowest BCUT2D eigenvalue weighted by atomic mass is 10.1. The van der Waals surface area contributed by atoms with E-state index in [1.54, 1.807) is 24.4 Å². The summed E-state index contributed by atoms with van der Waals surface area (Å²) < 4.78 is 6.77. The third-order valence-electron chi connectivity index (χ3n) is 2.75. The quantitative estimate of drug-likeness (QED) is 0.614. The normalized spacial score (nSPS) is 12.2. The van der Waals surface area contributed by atoms with Crippen molar-refractivity contribution in [1.82, 2.24) is 8.81 Å². The molecule has 0 bridgehead atoms. The van der Waals surface area contributed by atoms with Gasteiger partial charge in [0.1, 0.15) is 5.75 Å². The summed E-state index contributed by atoms with van der Waals surface area (Å²) >= 11 is 13.7. The maximum atomic E-state index is 11.2. The Kier molecular flexibility index (Phi) is 5.93. The van der Waals surface area contributed by atoms with Crippen LogP contribution >= 0.6 is 37.2 Å². The molecule has 2 rings (SSSR count). The Morgan fingerprint density at radius 1 is 1.29 bits per heavy atom. The van der Waals surface area contributed by atoms with E-state index in [4.69, 9.17) is 16.5 Å². The van der Waals surface area contributed by atoms with Gasteiger partial charge in [0.2, 0.25) is 5.88 Å². The molecule has 0 fully saturated rings. The van der Waals surface area contributed by atoms with E-state index in [9.17, 15) is 4.79 Å². The SMILES string of the molecule is O=C(S)CC(c1ccc(Oc2ccccn2)cc1)N(S)Cl. The van der Waals surface area contributed by atoms with E-state index in [1.165, 1.54) is 3.82 Å². The molecule has 0 amide bonds. The Hall–Kier alpha value is -1.21. The van der Waals surface area contributed by atoms with E-state index in [2.05, 4.69) is 30.4 Å². The highest BCUT2D eigenvalue weighted by Crippen LogP contribution is 2.30. The van der Waals surface area contributed by atoms with Gasteiger partial charge < -0.3 is 4.74 Å². The Bertz CT molecular complexity index is 594. The fraction of sp³-hybridized carbons (Fsp3) is 0.143. The molecule has 0 aliphatic heterocycles. The van der Waals surface area contributed by atoms with Gasteiger partial charge in [0.25, 0.3) is 0 Å². The molecule has 2 aromatic rings. The van der Waals surface area contributed by atoms with Crippen molar-refractivity contribution in [2.24, 2.45) is 0 Å². The topological polar surface area (TPSA) is 42.4 Å². The van der Waals surface area contributed by atoms with Crippen LogP contribution < -0.4 is 4.74 Å². The van der Waals surface area contributed by atoms with Crippen LogP contribution in [-0.2, 0) is 4.79 Å². The number of halogens is 1. The first-order chi connectivity index (χ1) is 10.1. The summed E-state index contributed by atoms with van der Waals surface area (Å²) in [6.07, 6.45) is 1.82. The van der Waals surface area contributed by atoms with Crippen LogP contribution in [0.2, 0.25) is 0 Å². The van der Waals surface area contributed by atoms with Gasteiger partial charge in [0, 0.05) is 18.7 Å². The molecule has 0 aliphatic carbocycles. The Morgan fingerprint density at radius 2 is 2.00 bits per heavy atom. The van der Waals surface area contributed by atoms with Crippen molar-refractivity contribution >= 4 is 42.3 Å². The number of ether oxygens (including phenoxy) is 1. The highest BCUT2D eigenvalue weighted by Gasteiger charge is 2.19. The number of carbonyl (C=O) groups excluding carboxylic acids is 1. The largest absolute Gasteiger partial charge is 0.439 e. The Labute approximate surface area is 139 Å². The minimum absolute atomic E-state index is 0.163. The van der Waals surface area contributed by atoms with Crippen LogP contribution in [0, 0.1) is 0 Å². The number of rotatable bonds is 6. The first kappa shape index (κ1) is 16.2. The molecule has 4 nitrogen and oxygen atoms in total. The fourth-order valence-corrected chi connectivity index (χ4v) is 2.34. The van der Waals surface area contributed by atoms with Gasteiger partial charge >= 0.3 is 0 Å². The van der Waals surface area contributed by atoms with Gasteiger partial charge in [0.15, 0.2) is 5.12 Å². The number of hydrogen-bond acceptors (Lipinski definition) is 5. The minimum atomic E-state index is -0.357. The number of thiol groups is 2. The van der Waals surface area contributed by atoms with Crippen LogP contribution in [0.4, 0.5) is 0 Å². The van der Waals surface area contributed by atoms with Crippen LogP contribution in [0.5, 0.6) is 11.6 Å². The number of hydrogen-bond donors (Lipinski definition) is 2. The Morgan fingerprint density at radius 3 is 2.52 bits per heavy atom. The van der Waals surface area contributed by atoms with Gasteiger partial charge in [-0.2, -0.15) is 3.82 Å². The highest BCUT2D eigenvalue weighted by atomic mass is 35.5. The standard InChI is InChI=1S/C14H13ClN2O2S2/c15-17(21)12(9-14(18)20)10-4-6-11(7-5-10)19-13-3-1-2-8-16-13/h1-8,12,21H,9H2,(H,18,20). The zero-order valence-corrected chi connectivity index (χ0v) is 13.4. The molecule has 1 aromatic carbocycles. The van der Waals surface area contributed by atoms with Crippen molar-refractivity contribution in [3.8, 4) is 11.6 Å². The molecule has 1 atom stereocenters. The van der Waals surface area contributed by atoms with E-state index in [1.807, 2.05) is 24.3 Å². The molecule has 0 saturated carbocycles. The summed E-state index contributed by atoms with van der Waals surface area (Å²) in [5.41, 5.74) is 0.843. The van der Waals surface area contributed by atoms with Crippen molar-refractivity contribution in [3.63, 3.8) is 0 Å². The molecule has 0 spiro atoms. The van der Waals surface area contributed by atoms with Crippen molar-refractivity contribution in [2.75, 3.05) is 0 Å². The highest BCUT2D eigenvalue weighted by molar-refractivity contribution is 7.96. The molecule has 21 heavy (non-hydrogen) atoms. The molecular weight excluding hydrogens is 328 g/mol. The lowest BCUT2D eigenvalue weighted by Gasteiger charge is -2.19. The second-order valence-electron chi connectivity index (χ2n) is 4.24. The zero-order valence-electron chi connectivity index (χ0n) is 10.9. The van der Waals surface area contributed by atoms with Crippen LogP contribution in [0.25, 0.3) is 0 Å². The predicted molar refractivity (Wildman–Crippen MR) is 88.8 cm³/mol. The molecule has 1 aromatic heterocycles. The van der Waals surface area contributed by atoms with E-state index in [0.29, 0.717) is 11.6 Å². The minimum Gasteiger partial charge on any atom is -0.439 e. The first-order valence-corrected chi connectivity index (χ1v) is 7.29. The number of pyridine rings is 1. The van der Waals surface area contributed by atoms with Gasteiger partial charge in [-0.1, -0.05) is 31.0 Å². The lowest BCUT2D eigenvalue weighted by Crippen LogP contribution is -2.13. The molecule has 0 saturated heterocycles. The van der Waals surface area contributed by atoms with E-state index in [0.717, 1.165) is 5.56 Å². The third-order valence-corrected chi connectivity index (χ3v) is 3.45. The first-order valence-electron chi connectivity index (χ1n) is 6.11. The summed E-state index contributed by atoms with van der Waals surface area (Å²) in [6, 6.07) is 12.3. The van der Waals surface area contributed by atoms with E-state index < -0.39 is 0 Å². The van der Waals surface area contributed by atoms with Crippen LogP contribution in [-0.4, -0.2) is 13.9 Å². The Balaban J connectivity index is 2.12. The molecule has 0 N–H and O–H groups in total. The summed E-state index contributed by atoms with van der Waals surface area (Å²) in [7, 11) is 0. The zero-order chi connectivity index (χ0) is 15.2. The van der Waals surface area contributed by atoms with E-state index >= 15 is 0 Å². The van der Waals surface area contributed by atoms with Gasteiger partial charge in [-0.15, -0.1) is 12.6 Å². The van der Waals surface area contributed by atoms with Gasteiger partial charge in [-0.3, -0.25) is 4.79 Å².